The highest BCUT2D eigenvalue weighted by Gasteiger charge is 2.01. The van der Waals surface area contributed by atoms with Crippen molar-refractivity contribution in [3.8, 4) is 0 Å². The van der Waals surface area contributed by atoms with Crippen LogP contribution in [0.4, 0.5) is 10.1 Å². The highest BCUT2D eigenvalue weighted by Crippen LogP contribution is 2.23. The maximum absolute atomic E-state index is 12.7. The minimum Gasteiger partial charge on any atom is -0.385 e. The Bertz CT molecular complexity index is 220. The van der Waals surface area contributed by atoms with Crippen LogP contribution in [0, 0.1) is 5.82 Å². The second-order valence-electron chi connectivity index (χ2n) is 1.85. The van der Waals surface area contributed by atoms with E-state index in [1.54, 1.807) is 19.2 Å². The minimum atomic E-state index is -0.324. The van der Waals surface area contributed by atoms with Gasteiger partial charge in [-0.2, -0.15) is 0 Å². The van der Waals surface area contributed by atoms with Crippen LogP contribution in [0.25, 0.3) is 0 Å². The predicted molar refractivity (Wildman–Crippen MR) is 48.2 cm³/mol. The molecule has 1 aromatic rings. The largest absolute Gasteiger partial charge is 0.385 e. The van der Waals surface area contributed by atoms with Crippen LogP contribution in [-0.4, -0.2) is 7.05 Å². The van der Waals surface area contributed by atoms with E-state index in [9.17, 15) is 4.39 Å². The molecule has 0 spiro atoms. The molecule has 1 rings (SSSR count). The maximum atomic E-state index is 12.7. The topological polar surface area (TPSA) is 12.0 Å². The van der Waals surface area contributed by atoms with E-state index in [2.05, 4.69) is 5.32 Å². The Kier molecular flexibility index (Phi) is 4.23. The Hall–Kier alpha value is -0.470. The van der Waals surface area contributed by atoms with Crippen LogP contribution in [-0.2, 0) is 0 Å². The fourth-order valence-electron chi connectivity index (χ4n) is 0.737. The molecule has 0 heterocycles. The number of nitrogens with one attached hydrogen (secondary N) is 1. The Labute approximate surface area is 76.0 Å². The molecular weight excluding hydrogens is 188 g/mol. The maximum Gasteiger partial charge on any atom is 0.147 e. The first-order valence-corrected chi connectivity index (χ1v) is 3.25. The molecule has 0 amide bonds. The van der Waals surface area contributed by atoms with Crippen molar-refractivity contribution in [1.29, 1.82) is 0 Å². The third kappa shape index (κ3) is 2.24. The summed E-state index contributed by atoms with van der Waals surface area (Å²) in [4.78, 5) is 0. The van der Waals surface area contributed by atoms with Gasteiger partial charge in [-0.25, -0.2) is 4.39 Å². The Morgan fingerprint density at radius 2 is 2.09 bits per heavy atom. The van der Waals surface area contributed by atoms with Gasteiger partial charge in [0.25, 0.3) is 0 Å². The zero-order valence-electron chi connectivity index (χ0n) is 5.90. The highest BCUT2D eigenvalue weighted by molar-refractivity contribution is 6.33. The molecule has 0 bridgehead atoms. The Morgan fingerprint density at radius 1 is 1.45 bits per heavy atom. The van der Waals surface area contributed by atoms with Crippen molar-refractivity contribution in [1.82, 2.24) is 0 Å². The number of hydrogen-bond donors (Lipinski definition) is 1. The van der Waals surface area contributed by atoms with Gasteiger partial charge >= 0.3 is 0 Å². The molecule has 0 aromatic heterocycles. The lowest BCUT2D eigenvalue weighted by atomic mass is 10.3. The van der Waals surface area contributed by atoms with Gasteiger partial charge in [-0.1, -0.05) is 17.7 Å². The first-order chi connectivity index (χ1) is 4.75. The molecule has 4 heteroatoms. The van der Waals surface area contributed by atoms with Crippen molar-refractivity contribution in [3.05, 3.63) is 29.0 Å². The summed E-state index contributed by atoms with van der Waals surface area (Å²) >= 11 is 5.63. The van der Waals surface area contributed by atoms with Crippen molar-refractivity contribution < 1.29 is 4.39 Å². The smallest absolute Gasteiger partial charge is 0.147 e. The summed E-state index contributed by atoms with van der Waals surface area (Å²) in [6.07, 6.45) is 0. The number of hydrogen-bond acceptors (Lipinski definition) is 1. The summed E-state index contributed by atoms with van der Waals surface area (Å²) < 4.78 is 12.7. The van der Waals surface area contributed by atoms with Gasteiger partial charge in [-0.05, 0) is 12.1 Å². The monoisotopic (exact) mass is 195 g/mol. The molecule has 0 fully saturated rings. The molecule has 62 valence electrons. The third-order valence-electron chi connectivity index (χ3n) is 1.21. The normalized spacial score (nSPS) is 8.64. The summed E-state index contributed by atoms with van der Waals surface area (Å²) in [6, 6.07) is 4.56. The SMILES string of the molecule is CNc1c(F)cccc1Cl.Cl. The number of anilines is 1. The van der Waals surface area contributed by atoms with Crippen molar-refractivity contribution in [2.45, 2.75) is 0 Å². The molecule has 0 atom stereocenters. The number of para-hydroxylation sites is 1. The molecule has 1 aromatic carbocycles. The molecule has 0 aliphatic carbocycles. The number of benzene rings is 1. The van der Waals surface area contributed by atoms with Gasteiger partial charge < -0.3 is 5.32 Å². The van der Waals surface area contributed by atoms with E-state index in [-0.39, 0.29) is 18.2 Å². The average molecular weight is 196 g/mol. The molecule has 0 saturated carbocycles. The minimum absolute atomic E-state index is 0. The summed E-state index contributed by atoms with van der Waals surface area (Å²) in [5.41, 5.74) is 0.351. The highest BCUT2D eigenvalue weighted by atomic mass is 35.5. The second-order valence-corrected chi connectivity index (χ2v) is 2.25. The summed E-state index contributed by atoms with van der Waals surface area (Å²) in [5, 5.41) is 3.06. The van der Waals surface area contributed by atoms with E-state index in [1.165, 1.54) is 6.07 Å². The van der Waals surface area contributed by atoms with E-state index < -0.39 is 0 Å². The van der Waals surface area contributed by atoms with Gasteiger partial charge in [-0.15, -0.1) is 12.4 Å². The van der Waals surface area contributed by atoms with Crippen LogP contribution < -0.4 is 5.32 Å². The average Bonchev–Trinajstić information content (AvgIpc) is 1.88. The lowest BCUT2D eigenvalue weighted by molar-refractivity contribution is 0.631. The molecule has 0 unspecified atom stereocenters. The third-order valence-corrected chi connectivity index (χ3v) is 1.53. The van der Waals surface area contributed by atoms with Crippen LogP contribution in [0.15, 0.2) is 18.2 Å². The quantitative estimate of drug-likeness (QED) is 0.727. The van der Waals surface area contributed by atoms with E-state index in [0.717, 1.165) is 0 Å². The van der Waals surface area contributed by atoms with Crippen LogP contribution in [0.1, 0.15) is 0 Å². The molecule has 1 nitrogen and oxygen atoms in total. The van der Waals surface area contributed by atoms with Gasteiger partial charge in [0.15, 0.2) is 0 Å². The molecule has 0 saturated heterocycles. The fraction of sp³-hybridized carbons (Fsp3) is 0.143. The van der Waals surface area contributed by atoms with E-state index >= 15 is 0 Å². The first-order valence-electron chi connectivity index (χ1n) is 2.87. The fourth-order valence-corrected chi connectivity index (χ4v) is 0.994. The molecule has 1 N–H and O–H groups in total. The van der Waals surface area contributed by atoms with Gasteiger partial charge in [0, 0.05) is 7.05 Å². The van der Waals surface area contributed by atoms with Gasteiger partial charge in [0.2, 0.25) is 0 Å². The summed E-state index contributed by atoms with van der Waals surface area (Å²) in [7, 11) is 1.63. The van der Waals surface area contributed by atoms with Crippen LogP contribution in [0.5, 0.6) is 0 Å². The van der Waals surface area contributed by atoms with E-state index in [0.29, 0.717) is 10.7 Å². The Morgan fingerprint density at radius 3 is 2.45 bits per heavy atom. The first kappa shape index (κ1) is 10.5. The standard InChI is InChI=1S/C7H7ClFN.ClH/c1-10-7-5(8)3-2-4-6(7)9;/h2-4,10H,1H3;1H. The van der Waals surface area contributed by atoms with E-state index in [4.69, 9.17) is 11.6 Å². The zero-order chi connectivity index (χ0) is 7.56. The summed E-state index contributed by atoms with van der Waals surface area (Å²) in [5.74, 6) is -0.324. The van der Waals surface area contributed by atoms with Gasteiger partial charge in [-0.3, -0.25) is 0 Å². The molecule has 0 radical (unpaired) electrons. The molecule has 0 aliphatic rings. The molecular formula is C7H8Cl2FN. The van der Waals surface area contributed by atoms with Gasteiger partial charge in [0.05, 0.1) is 10.7 Å². The van der Waals surface area contributed by atoms with E-state index in [1.807, 2.05) is 0 Å². The Balaban J connectivity index is 0.000001000. The lowest BCUT2D eigenvalue weighted by Crippen LogP contribution is -1.92. The lowest BCUT2D eigenvalue weighted by Gasteiger charge is -2.02. The van der Waals surface area contributed by atoms with Crippen molar-refractivity contribution in [3.63, 3.8) is 0 Å². The number of rotatable bonds is 1. The second kappa shape index (κ2) is 4.42. The van der Waals surface area contributed by atoms with Crippen LogP contribution in [0.2, 0.25) is 5.02 Å². The van der Waals surface area contributed by atoms with Crippen molar-refractivity contribution >= 4 is 29.7 Å². The zero-order valence-corrected chi connectivity index (χ0v) is 7.47. The van der Waals surface area contributed by atoms with Crippen LogP contribution >= 0.6 is 24.0 Å². The predicted octanol–water partition coefficient (Wildman–Crippen LogP) is 2.94. The molecule has 11 heavy (non-hydrogen) atoms. The summed E-state index contributed by atoms with van der Waals surface area (Å²) in [6.45, 7) is 0. The number of halogens is 3. The van der Waals surface area contributed by atoms with Crippen molar-refractivity contribution in [2.75, 3.05) is 12.4 Å². The van der Waals surface area contributed by atoms with Crippen LogP contribution in [0.3, 0.4) is 0 Å². The van der Waals surface area contributed by atoms with Crippen molar-refractivity contribution in [2.24, 2.45) is 0 Å². The van der Waals surface area contributed by atoms with Gasteiger partial charge in [0.1, 0.15) is 5.82 Å². The molecule has 0 aliphatic heterocycles.